The van der Waals surface area contributed by atoms with Crippen molar-refractivity contribution in [1.29, 1.82) is 0 Å². The molecule has 21 heavy (non-hydrogen) atoms. The first-order valence-electron chi connectivity index (χ1n) is 7.43. The number of carbonyl (C=O) groups is 2. The Morgan fingerprint density at radius 2 is 2.10 bits per heavy atom. The van der Waals surface area contributed by atoms with Crippen LogP contribution in [0, 0.1) is 12.8 Å². The summed E-state index contributed by atoms with van der Waals surface area (Å²) < 4.78 is 0. The van der Waals surface area contributed by atoms with Crippen molar-refractivity contribution in [2.24, 2.45) is 5.92 Å². The SMILES string of the molecule is Cc1nccc(C(=O)N2C(C(=O)O)CC3CCCCC32)n1. The van der Waals surface area contributed by atoms with E-state index >= 15 is 0 Å². The molecule has 1 N–H and O–H groups in total. The largest absolute Gasteiger partial charge is 0.480 e. The Morgan fingerprint density at radius 1 is 1.33 bits per heavy atom. The maximum atomic E-state index is 12.7. The second kappa shape index (κ2) is 5.42. The Balaban J connectivity index is 1.92. The summed E-state index contributed by atoms with van der Waals surface area (Å²) in [4.78, 5) is 34.0. The fourth-order valence-corrected chi connectivity index (χ4v) is 3.68. The molecule has 2 aliphatic rings. The van der Waals surface area contributed by atoms with Gasteiger partial charge in [-0.1, -0.05) is 12.8 Å². The van der Waals surface area contributed by atoms with Crippen LogP contribution < -0.4 is 0 Å². The Bertz CT molecular complexity index is 575. The van der Waals surface area contributed by atoms with Crippen LogP contribution >= 0.6 is 0 Å². The molecule has 6 nitrogen and oxygen atoms in total. The van der Waals surface area contributed by atoms with E-state index in [1.54, 1.807) is 24.1 Å². The summed E-state index contributed by atoms with van der Waals surface area (Å²) in [5, 5.41) is 9.45. The van der Waals surface area contributed by atoms with Gasteiger partial charge in [0.2, 0.25) is 0 Å². The van der Waals surface area contributed by atoms with Gasteiger partial charge in [0.25, 0.3) is 5.91 Å². The first-order chi connectivity index (χ1) is 10.1. The van der Waals surface area contributed by atoms with Crippen molar-refractivity contribution >= 4 is 11.9 Å². The van der Waals surface area contributed by atoms with E-state index in [-0.39, 0.29) is 11.9 Å². The molecule has 2 fully saturated rings. The molecule has 112 valence electrons. The molecular formula is C15H19N3O3. The van der Waals surface area contributed by atoms with Gasteiger partial charge in [-0.05, 0) is 38.2 Å². The molecule has 3 unspecified atom stereocenters. The van der Waals surface area contributed by atoms with Crippen molar-refractivity contribution in [3.05, 3.63) is 23.8 Å². The highest BCUT2D eigenvalue weighted by Crippen LogP contribution is 2.40. The van der Waals surface area contributed by atoms with E-state index in [4.69, 9.17) is 0 Å². The highest BCUT2D eigenvalue weighted by atomic mass is 16.4. The molecule has 1 saturated carbocycles. The summed E-state index contributed by atoms with van der Waals surface area (Å²) in [6.45, 7) is 1.72. The first kappa shape index (κ1) is 14.0. The number of likely N-dealkylation sites (tertiary alicyclic amines) is 1. The summed E-state index contributed by atoms with van der Waals surface area (Å²) in [6.07, 6.45) is 6.20. The first-order valence-corrected chi connectivity index (χ1v) is 7.43. The maximum absolute atomic E-state index is 12.7. The number of carboxylic acids is 1. The van der Waals surface area contributed by atoms with E-state index in [9.17, 15) is 14.7 Å². The third-order valence-electron chi connectivity index (χ3n) is 4.60. The van der Waals surface area contributed by atoms with Crippen LogP contribution in [0.4, 0.5) is 0 Å². The third-order valence-corrected chi connectivity index (χ3v) is 4.60. The number of carbonyl (C=O) groups excluding carboxylic acids is 1. The smallest absolute Gasteiger partial charge is 0.326 e. The standard InChI is InChI=1S/C15H19N3O3/c1-9-16-7-6-11(17-9)14(19)18-12-5-3-2-4-10(12)8-13(18)15(20)21/h6-7,10,12-13H,2-5,8H2,1H3,(H,20,21). The minimum atomic E-state index is -0.913. The number of aromatic nitrogens is 2. The summed E-state index contributed by atoms with van der Waals surface area (Å²) in [5.41, 5.74) is 0.292. The minimum Gasteiger partial charge on any atom is -0.480 e. The second-order valence-electron chi connectivity index (χ2n) is 5.90. The summed E-state index contributed by atoms with van der Waals surface area (Å²) in [5.74, 6) is -0.357. The van der Waals surface area contributed by atoms with Crippen LogP contribution in [0.1, 0.15) is 48.4 Å². The Morgan fingerprint density at radius 3 is 2.81 bits per heavy atom. The number of hydrogen-bond donors (Lipinski definition) is 1. The van der Waals surface area contributed by atoms with E-state index in [0.29, 0.717) is 23.9 Å². The molecule has 6 heteroatoms. The van der Waals surface area contributed by atoms with Crippen molar-refractivity contribution in [3.63, 3.8) is 0 Å². The number of carboxylic acid groups (broad SMARTS) is 1. The number of fused-ring (bicyclic) bond motifs is 1. The molecule has 3 rings (SSSR count). The fraction of sp³-hybridized carbons (Fsp3) is 0.600. The topological polar surface area (TPSA) is 83.4 Å². The van der Waals surface area contributed by atoms with Crippen LogP contribution in [0.25, 0.3) is 0 Å². The lowest BCUT2D eigenvalue weighted by atomic mass is 9.84. The van der Waals surface area contributed by atoms with E-state index in [2.05, 4.69) is 9.97 Å². The number of aryl methyl sites for hydroxylation is 1. The molecular weight excluding hydrogens is 270 g/mol. The molecule has 0 radical (unpaired) electrons. The molecule has 1 aliphatic carbocycles. The highest BCUT2D eigenvalue weighted by molar-refractivity contribution is 5.95. The van der Waals surface area contributed by atoms with Crippen LogP contribution in [0.2, 0.25) is 0 Å². The molecule has 0 bridgehead atoms. The third kappa shape index (κ3) is 2.50. The van der Waals surface area contributed by atoms with Crippen molar-refractivity contribution < 1.29 is 14.7 Å². The van der Waals surface area contributed by atoms with Gasteiger partial charge in [0, 0.05) is 12.2 Å². The van der Waals surface area contributed by atoms with Crippen molar-refractivity contribution in [2.45, 2.75) is 51.1 Å². The molecule has 1 aliphatic heterocycles. The van der Waals surface area contributed by atoms with Gasteiger partial charge in [-0.25, -0.2) is 14.8 Å². The van der Waals surface area contributed by atoms with Crippen molar-refractivity contribution in [3.8, 4) is 0 Å². The van der Waals surface area contributed by atoms with Crippen LogP contribution in [-0.4, -0.2) is 43.9 Å². The molecule has 0 aromatic carbocycles. The normalized spacial score (nSPS) is 28.2. The lowest BCUT2D eigenvalue weighted by molar-refractivity contribution is -0.141. The highest BCUT2D eigenvalue weighted by Gasteiger charge is 2.47. The molecule has 0 spiro atoms. The summed E-state index contributed by atoms with van der Waals surface area (Å²) in [7, 11) is 0. The van der Waals surface area contributed by atoms with Gasteiger partial charge in [0.1, 0.15) is 17.6 Å². The number of hydrogen-bond acceptors (Lipinski definition) is 4. The van der Waals surface area contributed by atoms with Gasteiger partial charge in [0.05, 0.1) is 0 Å². The zero-order valence-electron chi connectivity index (χ0n) is 12.0. The average Bonchev–Trinajstić information content (AvgIpc) is 2.86. The van der Waals surface area contributed by atoms with Crippen LogP contribution in [0.5, 0.6) is 0 Å². The zero-order valence-corrected chi connectivity index (χ0v) is 12.0. The van der Waals surface area contributed by atoms with Gasteiger partial charge in [-0.15, -0.1) is 0 Å². The monoisotopic (exact) mass is 289 g/mol. The number of amides is 1. The fourth-order valence-electron chi connectivity index (χ4n) is 3.68. The van der Waals surface area contributed by atoms with E-state index < -0.39 is 12.0 Å². The second-order valence-corrected chi connectivity index (χ2v) is 5.90. The molecule has 2 heterocycles. The Hall–Kier alpha value is -1.98. The summed E-state index contributed by atoms with van der Waals surface area (Å²) >= 11 is 0. The Kier molecular flexibility index (Phi) is 3.61. The van der Waals surface area contributed by atoms with Crippen molar-refractivity contribution in [2.75, 3.05) is 0 Å². The van der Waals surface area contributed by atoms with Gasteiger partial charge >= 0.3 is 5.97 Å². The average molecular weight is 289 g/mol. The number of rotatable bonds is 2. The van der Waals surface area contributed by atoms with E-state index in [1.165, 1.54) is 0 Å². The van der Waals surface area contributed by atoms with Crippen molar-refractivity contribution in [1.82, 2.24) is 14.9 Å². The number of aliphatic carboxylic acids is 1. The summed E-state index contributed by atoms with van der Waals surface area (Å²) in [6, 6.07) is 0.883. The van der Waals surface area contributed by atoms with Crippen LogP contribution in [0.3, 0.4) is 0 Å². The van der Waals surface area contributed by atoms with Gasteiger partial charge in [0.15, 0.2) is 0 Å². The predicted molar refractivity (Wildman–Crippen MR) is 74.7 cm³/mol. The van der Waals surface area contributed by atoms with Crippen LogP contribution in [0.15, 0.2) is 12.3 Å². The van der Waals surface area contributed by atoms with Gasteiger partial charge in [-0.2, -0.15) is 0 Å². The van der Waals surface area contributed by atoms with E-state index in [0.717, 1.165) is 25.7 Å². The molecule has 1 aromatic rings. The minimum absolute atomic E-state index is 0.0441. The Labute approximate surface area is 123 Å². The van der Waals surface area contributed by atoms with E-state index in [1.807, 2.05) is 0 Å². The molecule has 1 amide bonds. The van der Waals surface area contributed by atoms with Gasteiger partial charge < -0.3 is 10.0 Å². The lowest BCUT2D eigenvalue weighted by Gasteiger charge is -2.32. The predicted octanol–water partition coefficient (Wildman–Crippen LogP) is 1.64. The molecule has 3 atom stereocenters. The molecule has 1 saturated heterocycles. The zero-order chi connectivity index (χ0) is 15.0. The number of nitrogens with zero attached hydrogens (tertiary/aromatic N) is 3. The van der Waals surface area contributed by atoms with Crippen LogP contribution in [-0.2, 0) is 4.79 Å². The lowest BCUT2D eigenvalue weighted by Crippen LogP contribution is -2.46. The quantitative estimate of drug-likeness (QED) is 0.895. The maximum Gasteiger partial charge on any atom is 0.326 e. The van der Waals surface area contributed by atoms with Gasteiger partial charge in [-0.3, -0.25) is 4.79 Å². The molecule has 1 aromatic heterocycles.